The van der Waals surface area contributed by atoms with Crippen molar-refractivity contribution in [3.8, 4) is 11.3 Å². The van der Waals surface area contributed by atoms with Crippen molar-refractivity contribution >= 4 is 45.9 Å². The van der Waals surface area contributed by atoms with Gasteiger partial charge in [-0.05, 0) is 25.5 Å². The maximum absolute atomic E-state index is 6.13. The summed E-state index contributed by atoms with van der Waals surface area (Å²) >= 11 is 15.2. The highest BCUT2D eigenvalue weighted by Gasteiger charge is 2.20. The van der Waals surface area contributed by atoms with E-state index in [1.807, 2.05) is 6.07 Å². The SMILES string of the molecule is Clc1cc(-c2csc(C3CCCN3)n2)c(Cl)s1. The Morgan fingerprint density at radius 3 is 2.94 bits per heavy atom. The van der Waals surface area contributed by atoms with Crippen LogP contribution in [0.4, 0.5) is 0 Å². The Balaban J connectivity index is 1.91. The first kappa shape index (κ1) is 11.9. The van der Waals surface area contributed by atoms with Gasteiger partial charge in [0.1, 0.15) is 9.34 Å². The molecule has 17 heavy (non-hydrogen) atoms. The molecule has 1 atom stereocenters. The molecule has 1 fully saturated rings. The molecular weight excluding hydrogens is 295 g/mol. The summed E-state index contributed by atoms with van der Waals surface area (Å²) < 4.78 is 1.42. The number of thiophene rings is 1. The highest BCUT2D eigenvalue weighted by Crippen LogP contribution is 2.39. The quantitative estimate of drug-likeness (QED) is 0.877. The van der Waals surface area contributed by atoms with Crippen molar-refractivity contribution in [1.29, 1.82) is 0 Å². The molecule has 0 saturated carbocycles. The van der Waals surface area contributed by atoms with Crippen LogP contribution < -0.4 is 5.32 Å². The van der Waals surface area contributed by atoms with Crippen LogP contribution in [0.15, 0.2) is 11.4 Å². The van der Waals surface area contributed by atoms with Gasteiger partial charge >= 0.3 is 0 Å². The molecule has 0 spiro atoms. The smallest absolute Gasteiger partial charge is 0.110 e. The molecule has 0 bridgehead atoms. The van der Waals surface area contributed by atoms with Crippen LogP contribution in [0.5, 0.6) is 0 Å². The van der Waals surface area contributed by atoms with Crippen LogP contribution >= 0.6 is 45.9 Å². The van der Waals surface area contributed by atoms with E-state index >= 15 is 0 Å². The zero-order valence-electron chi connectivity index (χ0n) is 8.87. The molecule has 90 valence electrons. The zero-order chi connectivity index (χ0) is 11.8. The fourth-order valence-electron chi connectivity index (χ4n) is 1.98. The van der Waals surface area contributed by atoms with E-state index in [-0.39, 0.29) is 0 Å². The summed E-state index contributed by atoms with van der Waals surface area (Å²) in [6, 6.07) is 2.30. The highest BCUT2D eigenvalue weighted by molar-refractivity contribution is 7.20. The van der Waals surface area contributed by atoms with E-state index in [0.717, 1.165) is 22.8 Å². The van der Waals surface area contributed by atoms with Gasteiger partial charge in [-0.15, -0.1) is 22.7 Å². The van der Waals surface area contributed by atoms with Gasteiger partial charge in [0, 0.05) is 10.9 Å². The molecule has 0 aliphatic carbocycles. The first-order chi connectivity index (χ1) is 8.24. The Kier molecular flexibility index (Phi) is 3.41. The minimum Gasteiger partial charge on any atom is -0.308 e. The van der Waals surface area contributed by atoms with Crippen molar-refractivity contribution in [1.82, 2.24) is 10.3 Å². The van der Waals surface area contributed by atoms with Gasteiger partial charge in [0.2, 0.25) is 0 Å². The van der Waals surface area contributed by atoms with Gasteiger partial charge < -0.3 is 5.32 Å². The third kappa shape index (κ3) is 2.37. The van der Waals surface area contributed by atoms with Crippen molar-refractivity contribution in [2.24, 2.45) is 0 Å². The number of aromatic nitrogens is 1. The number of halogens is 2. The van der Waals surface area contributed by atoms with Crippen LogP contribution in [0.25, 0.3) is 11.3 Å². The largest absolute Gasteiger partial charge is 0.308 e. The minimum atomic E-state index is 0.418. The fraction of sp³-hybridized carbons (Fsp3) is 0.364. The topological polar surface area (TPSA) is 24.9 Å². The van der Waals surface area contributed by atoms with Crippen LogP contribution in [-0.4, -0.2) is 11.5 Å². The number of rotatable bonds is 2. The van der Waals surface area contributed by atoms with Gasteiger partial charge in [0.15, 0.2) is 0 Å². The first-order valence-corrected chi connectivity index (χ1v) is 7.83. The number of nitrogens with one attached hydrogen (secondary N) is 1. The normalized spacial score (nSPS) is 20.0. The molecule has 3 rings (SSSR count). The molecular formula is C11H10Cl2N2S2. The van der Waals surface area contributed by atoms with Gasteiger partial charge in [0.05, 0.1) is 16.1 Å². The summed E-state index contributed by atoms with van der Waals surface area (Å²) in [5.74, 6) is 0. The van der Waals surface area contributed by atoms with E-state index < -0.39 is 0 Å². The maximum atomic E-state index is 6.13. The van der Waals surface area contributed by atoms with Crippen molar-refractivity contribution in [3.63, 3.8) is 0 Å². The van der Waals surface area contributed by atoms with Crippen LogP contribution in [0, 0.1) is 0 Å². The second-order valence-electron chi connectivity index (χ2n) is 3.96. The molecule has 1 aliphatic heterocycles. The predicted octanol–water partition coefficient (Wildman–Crippen LogP) is 4.60. The van der Waals surface area contributed by atoms with Gasteiger partial charge in [0.25, 0.3) is 0 Å². The highest BCUT2D eigenvalue weighted by atomic mass is 35.5. The Hall–Kier alpha value is -0.130. The Morgan fingerprint density at radius 1 is 1.41 bits per heavy atom. The molecule has 1 unspecified atom stereocenters. The van der Waals surface area contributed by atoms with Crippen molar-refractivity contribution in [2.45, 2.75) is 18.9 Å². The Morgan fingerprint density at radius 2 is 2.29 bits per heavy atom. The average Bonchev–Trinajstić information content (AvgIpc) is 2.97. The molecule has 3 heterocycles. The summed E-state index contributed by atoms with van der Waals surface area (Å²) in [6.45, 7) is 1.09. The molecule has 1 N–H and O–H groups in total. The monoisotopic (exact) mass is 304 g/mol. The van der Waals surface area contributed by atoms with Crippen molar-refractivity contribution in [3.05, 3.63) is 25.1 Å². The third-order valence-electron chi connectivity index (χ3n) is 2.81. The number of thiazole rings is 1. The molecule has 0 radical (unpaired) electrons. The second kappa shape index (κ2) is 4.86. The van der Waals surface area contributed by atoms with Crippen LogP contribution in [0.2, 0.25) is 8.67 Å². The second-order valence-corrected chi connectivity index (χ2v) is 7.13. The Bertz CT molecular complexity index is 529. The summed E-state index contributed by atoms with van der Waals surface area (Å²) in [7, 11) is 0. The number of hydrogen-bond donors (Lipinski definition) is 1. The predicted molar refractivity (Wildman–Crippen MR) is 75.4 cm³/mol. The lowest BCUT2D eigenvalue weighted by molar-refractivity contribution is 0.643. The van der Waals surface area contributed by atoms with E-state index in [9.17, 15) is 0 Å². The lowest BCUT2D eigenvalue weighted by Gasteiger charge is -2.04. The molecule has 2 nitrogen and oxygen atoms in total. The van der Waals surface area contributed by atoms with Crippen molar-refractivity contribution in [2.75, 3.05) is 6.54 Å². The Labute approximate surface area is 118 Å². The summed E-state index contributed by atoms with van der Waals surface area (Å²) in [6.07, 6.45) is 2.40. The van der Waals surface area contributed by atoms with Crippen LogP contribution in [-0.2, 0) is 0 Å². The maximum Gasteiger partial charge on any atom is 0.110 e. The van der Waals surface area contributed by atoms with Crippen LogP contribution in [0.3, 0.4) is 0 Å². The molecule has 1 saturated heterocycles. The van der Waals surface area contributed by atoms with Gasteiger partial charge in [-0.1, -0.05) is 23.2 Å². The van der Waals surface area contributed by atoms with E-state index in [2.05, 4.69) is 15.7 Å². The lowest BCUT2D eigenvalue weighted by Crippen LogP contribution is -2.12. The molecule has 0 aromatic carbocycles. The van der Waals surface area contributed by atoms with Gasteiger partial charge in [-0.2, -0.15) is 0 Å². The average molecular weight is 305 g/mol. The van der Waals surface area contributed by atoms with E-state index in [4.69, 9.17) is 23.2 Å². The van der Waals surface area contributed by atoms with Crippen LogP contribution in [0.1, 0.15) is 23.9 Å². The van der Waals surface area contributed by atoms with E-state index in [1.165, 1.54) is 24.2 Å². The summed E-state index contributed by atoms with van der Waals surface area (Å²) in [4.78, 5) is 4.66. The minimum absolute atomic E-state index is 0.418. The van der Waals surface area contributed by atoms with Crippen molar-refractivity contribution < 1.29 is 0 Å². The standard InChI is InChI=1S/C11H10Cl2N2S2/c12-9-4-6(10(13)17-9)8-5-16-11(15-8)7-2-1-3-14-7/h4-5,7,14H,1-3H2. The first-order valence-electron chi connectivity index (χ1n) is 5.38. The van der Waals surface area contributed by atoms with Gasteiger partial charge in [-0.25, -0.2) is 4.98 Å². The van der Waals surface area contributed by atoms with Gasteiger partial charge in [-0.3, -0.25) is 0 Å². The van der Waals surface area contributed by atoms with E-state index in [0.29, 0.717) is 14.7 Å². The molecule has 1 aliphatic rings. The lowest BCUT2D eigenvalue weighted by atomic mass is 10.2. The summed E-state index contributed by atoms with van der Waals surface area (Å²) in [5, 5.41) is 6.65. The van der Waals surface area contributed by atoms with E-state index in [1.54, 1.807) is 11.3 Å². The number of hydrogen-bond acceptors (Lipinski definition) is 4. The number of nitrogens with zero attached hydrogens (tertiary/aromatic N) is 1. The molecule has 0 amide bonds. The zero-order valence-corrected chi connectivity index (χ0v) is 12.0. The molecule has 6 heteroatoms. The summed E-state index contributed by atoms with van der Waals surface area (Å²) in [5.41, 5.74) is 1.88. The molecule has 2 aromatic heterocycles. The third-order valence-corrected chi connectivity index (χ3v) is 5.26. The fourth-order valence-corrected chi connectivity index (χ4v) is 4.39. The molecule has 2 aromatic rings.